The van der Waals surface area contributed by atoms with Gasteiger partial charge in [0.25, 0.3) is 0 Å². The van der Waals surface area contributed by atoms with Gasteiger partial charge in [0, 0.05) is 33.5 Å². The van der Waals surface area contributed by atoms with Crippen molar-refractivity contribution in [2.45, 2.75) is 82.3 Å². The van der Waals surface area contributed by atoms with Crippen molar-refractivity contribution in [3.8, 4) is 11.5 Å². The number of aliphatic hydroxyl groups excluding tert-OH is 3. The fourth-order valence-electron chi connectivity index (χ4n) is 3.60. The van der Waals surface area contributed by atoms with E-state index in [9.17, 15) is 19.5 Å². The zero-order valence-corrected chi connectivity index (χ0v) is 20.7. The molecule has 0 saturated carbocycles. The molecule has 1 amide bonds. The third kappa shape index (κ3) is 11.0. The summed E-state index contributed by atoms with van der Waals surface area (Å²) < 4.78 is 130. The average Bonchev–Trinajstić information content (AvgIpc) is 3.59. The quantitative estimate of drug-likeness (QED) is 0.190. The maximum absolute atomic E-state index is 13.4. The summed E-state index contributed by atoms with van der Waals surface area (Å²) in [5.74, 6) is -4.62. The Kier molecular flexibility index (Phi) is 7.09. The Balaban J connectivity index is 0.000000881. The first-order chi connectivity index (χ1) is 24.3. The molecule has 3 rings (SSSR count). The van der Waals surface area contributed by atoms with Gasteiger partial charge in [0.15, 0.2) is 23.7 Å². The number of aliphatic carboxylic acids is 2. The van der Waals surface area contributed by atoms with E-state index in [0.29, 0.717) is 31.2 Å². The van der Waals surface area contributed by atoms with Crippen LogP contribution in [0.1, 0.15) is 90.2 Å². The van der Waals surface area contributed by atoms with Gasteiger partial charge in [-0.2, -0.15) is 0 Å². The predicted molar refractivity (Wildman–Crippen MR) is 141 cm³/mol. The molecule has 0 aromatic heterocycles. The van der Waals surface area contributed by atoms with Crippen LogP contribution in [0.3, 0.4) is 0 Å². The fourth-order valence-corrected chi connectivity index (χ4v) is 3.60. The molecule has 0 unspecified atom stereocenters. The van der Waals surface area contributed by atoms with Crippen LogP contribution < -0.4 is 14.8 Å². The standard InChI is InChI=1S/C23H36N2O4.C4H6O6/c1-2-3-4-5-6-9-22(26)24-19(17-25-12-7-8-13-25)23(27)18-10-11-20-21(16-18)29-15-14-28-20;5-1(3(7)8)2(6)4(9)10/h10-11,16,19,23,27H,2-9,12-15,17H2,1H3,(H,24,26);1-2,5-6H,(H,7,8)(H,9,10)/t19-,23-;1-,2-/m11/s1/i1D3,2D2,3D2,4D2,5D2,6D2,9D2;. The molecule has 6 N–H and O–H groups in total. The van der Waals surface area contributed by atoms with Crippen molar-refractivity contribution >= 4 is 17.8 Å². The van der Waals surface area contributed by atoms with Crippen LogP contribution in [-0.4, -0.2) is 99.4 Å². The number of carbonyl (C=O) groups excluding carboxylic acids is 1. The number of benzene rings is 1. The summed E-state index contributed by atoms with van der Waals surface area (Å²) in [7, 11) is 0. The summed E-state index contributed by atoms with van der Waals surface area (Å²) in [6.07, 6.45) is -29.6. The van der Waals surface area contributed by atoms with Gasteiger partial charge in [0.05, 0.1) is 6.04 Å². The Morgan fingerprint density at radius 1 is 0.974 bits per heavy atom. The molecule has 2 heterocycles. The molecule has 1 fully saturated rings. The Hall–Kier alpha value is -2.93. The number of nitrogens with one attached hydrogen (secondary N) is 1. The lowest BCUT2D eigenvalue weighted by Gasteiger charge is -2.29. The van der Waals surface area contributed by atoms with Crippen LogP contribution >= 0.6 is 0 Å². The topological polar surface area (TPSA) is 186 Å². The number of likely N-dealkylation sites (tertiary alicyclic amines) is 1. The summed E-state index contributed by atoms with van der Waals surface area (Å²) in [6, 6.07) is 3.18. The maximum Gasteiger partial charge on any atom is 0.335 e. The van der Waals surface area contributed by atoms with Gasteiger partial charge in [0.2, 0.25) is 5.91 Å². The van der Waals surface area contributed by atoms with E-state index >= 15 is 0 Å². The van der Waals surface area contributed by atoms with Crippen LogP contribution in [-0.2, 0) is 14.4 Å². The minimum Gasteiger partial charge on any atom is -0.486 e. The van der Waals surface area contributed by atoms with E-state index < -0.39 is 87.3 Å². The van der Waals surface area contributed by atoms with Gasteiger partial charge in [0.1, 0.15) is 19.3 Å². The van der Waals surface area contributed by atoms with E-state index in [2.05, 4.69) is 5.32 Å². The number of fused-ring (bicyclic) bond motifs is 1. The van der Waals surface area contributed by atoms with Crippen LogP contribution in [0, 0.1) is 0 Å². The van der Waals surface area contributed by atoms with Gasteiger partial charge < -0.3 is 45.2 Å². The fraction of sp³-hybridized carbons (Fsp3) is 0.667. The van der Waals surface area contributed by atoms with Crippen molar-refractivity contribution in [2.24, 2.45) is 0 Å². The van der Waals surface area contributed by atoms with Gasteiger partial charge in [-0.05, 0) is 50.0 Å². The van der Waals surface area contributed by atoms with E-state index in [1.54, 1.807) is 0 Å². The predicted octanol–water partition coefficient (Wildman–Crippen LogP) is 1.31. The molecule has 4 atom stereocenters. The average molecular weight is 570 g/mol. The zero-order valence-electron chi connectivity index (χ0n) is 35.7. The zero-order chi connectivity index (χ0) is 42.0. The summed E-state index contributed by atoms with van der Waals surface area (Å²) in [6.45, 7) is -2.13. The Labute approximate surface area is 249 Å². The molecule has 12 heteroatoms. The smallest absolute Gasteiger partial charge is 0.335 e. The third-order valence-corrected chi connectivity index (χ3v) is 5.49. The highest BCUT2D eigenvalue weighted by atomic mass is 16.6. The molecule has 39 heavy (non-hydrogen) atoms. The summed E-state index contributed by atoms with van der Waals surface area (Å²) in [5, 5.41) is 46.0. The van der Waals surface area contributed by atoms with Crippen molar-refractivity contribution in [1.29, 1.82) is 0 Å². The number of carboxylic acids is 2. The number of rotatable bonds is 14. The first-order valence-corrected chi connectivity index (χ1v) is 11.7. The van der Waals surface area contributed by atoms with E-state index in [0.717, 1.165) is 12.8 Å². The normalized spacial score (nSPS) is 26.0. The van der Waals surface area contributed by atoms with E-state index in [1.807, 2.05) is 4.90 Å². The molecule has 0 bridgehead atoms. The third-order valence-electron chi connectivity index (χ3n) is 5.49. The number of nitrogens with zero attached hydrogens (tertiary/aromatic N) is 1. The molecular formula is C27H42N2O10. The van der Waals surface area contributed by atoms with Gasteiger partial charge in [-0.25, -0.2) is 9.59 Å². The minimum atomic E-state index is -4.34. The molecule has 0 aliphatic carbocycles. The monoisotopic (exact) mass is 569 g/mol. The minimum absolute atomic E-state index is 0.0323. The van der Waals surface area contributed by atoms with Gasteiger partial charge in [-0.1, -0.05) is 38.4 Å². The van der Waals surface area contributed by atoms with Gasteiger partial charge in [-0.3, -0.25) is 4.79 Å². The number of carboxylic acid groups (broad SMARTS) is 2. The highest BCUT2D eigenvalue weighted by Crippen LogP contribution is 2.33. The van der Waals surface area contributed by atoms with Crippen LogP contribution in [0.25, 0.3) is 0 Å². The molecule has 2 aliphatic rings. The highest BCUT2D eigenvalue weighted by molar-refractivity contribution is 5.83. The lowest BCUT2D eigenvalue weighted by Crippen LogP contribution is -2.46. The molecule has 1 saturated heterocycles. The van der Waals surface area contributed by atoms with Crippen molar-refractivity contribution in [2.75, 3.05) is 32.8 Å². The second-order valence-corrected chi connectivity index (χ2v) is 8.25. The second kappa shape index (κ2) is 16.9. The number of aliphatic hydroxyl groups is 3. The molecule has 1 aromatic rings. The van der Waals surface area contributed by atoms with Crippen LogP contribution in [0.4, 0.5) is 0 Å². The van der Waals surface area contributed by atoms with E-state index in [1.165, 1.54) is 18.2 Å². The van der Waals surface area contributed by atoms with Crippen molar-refractivity contribution in [1.82, 2.24) is 10.2 Å². The maximum atomic E-state index is 13.4. The molecule has 1 aromatic carbocycles. The molecule has 0 spiro atoms. The lowest BCUT2D eigenvalue weighted by atomic mass is 10.0. The number of hydrogen-bond acceptors (Lipinski definition) is 9. The summed E-state index contributed by atoms with van der Waals surface area (Å²) in [5.41, 5.74) is 0.231. The van der Waals surface area contributed by atoms with Crippen molar-refractivity contribution < 1.29 is 70.0 Å². The second-order valence-electron chi connectivity index (χ2n) is 8.25. The van der Waals surface area contributed by atoms with Crippen molar-refractivity contribution in [3.05, 3.63) is 23.8 Å². The lowest BCUT2D eigenvalue weighted by molar-refractivity contribution is -0.165. The number of amides is 1. The first kappa shape index (κ1) is 16.4. The Morgan fingerprint density at radius 3 is 2.21 bits per heavy atom. The van der Waals surface area contributed by atoms with E-state index in [-0.39, 0.29) is 18.7 Å². The van der Waals surface area contributed by atoms with Gasteiger partial charge >= 0.3 is 11.9 Å². The van der Waals surface area contributed by atoms with Gasteiger partial charge in [-0.15, -0.1) is 0 Å². The van der Waals surface area contributed by atoms with Crippen LogP contribution in [0.5, 0.6) is 11.5 Å². The number of ether oxygens (including phenoxy) is 2. The largest absolute Gasteiger partial charge is 0.486 e. The first-order valence-electron chi connectivity index (χ1n) is 19.2. The summed E-state index contributed by atoms with van der Waals surface area (Å²) >= 11 is 0. The molecule has 2 aliphatic heterocycles. The summed E-state index contributed by atoms with van der Waals surface area (Å²) in [4.78, 5) is 34.8. The molecule has 12 nitrogen and oxygen atoms in total. The Morgan fingerprint density at radius 2 is 1.59 bits per heavy atom. The molecular weight excluding hydrogens is 512 g/mol. The van der Waals surface area contributed by atoms with Crippen LogP contribution in [0.2, 0.25) is 0 Å². The number of hydrogen-bond donors (Lipinski definition) is 6. The number of carbonyl (C=O) groups is 3. The SMILES string of the molecule is O=C(O)[C@H](O)[C@@H](O)C(=O)O.[2H]C([2H])([2H])C([2H])([2H])C([2H])([2H])C([2H])([2H])C([2H])([2H])C([2H])([2H])C([2H])([2H])C(=O)N[C@H](CN1CCCC1)[C@H](O)c1ccc2c(c1)OCCO2. The van der Waals surface area contributed by atoms with Crippen LogP contribution in [0.15, 0.2) is 18.2 Å². The Bertz CT molecular complexity index is 1490. The molecule has 220 valence electrons. The van der Waals surface area contributed by atoms with E-state index in [4.69, 9.17) is 50.5 Å². The highest BCUT2D eigenvalue weighted by Gasteiger charge is 2.29. The molecule has 0 radical (unpaired) electrons. The van der Waals surface area contributed by atoms with Crippen molar-refractivity contribution in [3.63, 3.8) is 0 Å².